The maximum absolute atomic E-state index is 2.51. The van der Waals surface area contributed by atoms with Crippen LogP contribution in [0.4, 0.5) is 34.1 Å². The Labute approximate surface area is 431 Å². The SMILES string of the molecule is CC1(C)c2cc(-c3ccc(N(c4ccc5ccccc5c4)c4ccc5sc6ccccc6c5c4)cc3)ccc2-c2c1cc(N(c1ccc3ccccc3c1)c1ccc3sc4ccccc4c3c1)c1ccccc21. The third-order valence-corrected chi connectivity index (χ3v) is 17.9. The van der Waals surface area contributed by atoms with Gasteiger partial charge in [-0.25, -0.2) is 0 Å². The van der Waals surface area contributed by atoms with E-state index < -0.39 is 0 Å². The van der Waals surface area contributed by atoms with Crippen LogP contribution < -0.4 is 9.80 Å². The molecule has 1 aliphatic rings. The van der Waals surface area contributed by atoms with Crippen LogP contribution in [-0.4, -0.2) is 0 Å². The molecule has 0 radical (unpaired) electrons. The van der Waals surface area contributed by atoms with Crippen LogP contribution >= 0.6 is 22.7 Å². The van der Waals surface area contributed by atoms with Gasteiger partial charge in [-0.2, -0.15) is 0 Å². The number of fused-ring (bicyclic) bond motifs is 13. The summed E-state index contributed by atoms with van der Waals surface area (Å²) in [6.45, 7) is 4.84. The highest BCUT2D eigenvalue weighted by molar-refractivity contribution is 7.26. The van der Waals surface area contributed by atoms with Crippen LogP contribution in [0.3, 0.4) is 0 Å². The van der Waals surface area contributed by atoms with Crippen LogP contribution in [-0.2, 0) is 5.41 Å². The Bertz CT molecular complexity index is 4560. The van der Waals surface area contributed by atoms with Crippen LogP contribution in [0.2, 0.25) is 0 Å². The molecule has 0 saturated heterocycles. The van der Waals surface area contributed by atoms with Gasteiger partial charge in [-0.15, -0.1) is 22.7 Å². The molecule has 0 aliphatic heterocycles. The van der Waals surface area contributed by atoms with Crippen molar-refractivity contribution < 1.29 is 0 Å². The fourth-order valence-corrected chi connectivity index (χ4v) is 14.1. The maximum atomic E-state index is 2.51. The van der Waals surface area contributed by atoms with Gasteiger partial charge < -0.3 is 9.80 Å². The van der Waals surface area contributed by atoms with Crippen LogP contribution in [0.15, 0.2) is 243 Å². The van der Waals surface area contributed by atoms with Crippen molar-refractivity contribution in [1.29, 1.82) is 0 Å². The van der Waals surface area contributed by atoms with Crippen molar-refractivity contribution >= 4 is 129 Å². The molecule has 0 bridgehead atoms. The summed E-state index contributed by atoms with van der Waals surface area (Å²) < 4.78 is 5.23. The predicted molar refractivity (Wildman–Crippen MR) is 317 cm³/mol. The third kappa shape index (κ3) is 6.68. The zero-order valence-corrected chi connectivity index (χ0v) is 41.9. The third-order valence-electron chi connectivity index (χ3n) is 15.6. The highest BCUT2D eigenvalue weighted by Gasteiger charge is 2.38. The first-order valence-electron chi connectivity index (χ1n) is 25.1. The number of hydrogen-bond acceptors (Lipinski definition) is 4. The Balaban J connectivity index is 0.848. The van der Waals surface area contributed by atoms with E-state index in [9.17, 15) is 0 Å². The molecular weight excluding hydrogens is 921 g/mol. The number of thiophene rings is 2. The van der Waals surface area contributed by atoms with E-state index in [1.165, 1.54) is 112 Å². The van der Waals surface area contributed by atoms with Crippen LogP contribution in [0, 0.1) is 0 Å². The summed E-state index contributed by atoms with van der Waals surface area (Å²) in [5.41, 5.74) is 14.3. The van der Waals surface area contributed by atoms with Crippen molar-refractivity contribution in [1.82, 2.24) is 0 Å². The smallest absolute Gasteiger partial charge is 0.0543 e. The highest BCUT2D eigenvalue weighted by Crippen LogP contribution is 2.56. The monoisotopic (exact) mass is 966 g/mol. The second-order valence-corrected chi connectivity index (χ2v) is 22.3. The van der Waals surface area contributed by atoms with Crippen LogP contribution in [0.25, 0.3) is 94.9 Å². The molecule has 0 N–H and O–H groups in total. The number of hydrogen-bond donors (Lipinski definition) is 0. The number of benzene rings is 12. The van der Waals surface area contributed by atoms with Crippen LogP contribution in [0.5, 0.6) is 0 Å². The zero-order valence-electron chi connectivity index (χ0n) is 40.3. The maximum Gasteiger partial charge on any atom is 0.0543 e. The number of nitrogens with zero attached hydrogens (tertiary/aromatic N) is 2. The van der Waals surface area contributed by atoms with E-state index in [-0.39, 0.29) is 5.41 Å². The van der Waals surface area contributed by atoms with Crippen molar-refractivity contribution in [3.8, 4) is 22.3 Å². The van der Waals surface area contributed by atoms with Crippen molar-refractivity contribution in [2.24, 2.45) is 0 Å². The van der Waals surface area contributed by atoms with Gasteiger partial charge in [0.2, 0.25) is 0 Å². The first-order valence-corrected chi connectivity index (χ1v) is 26.8. The molecule has 12 aromatic carbocycles. The number of anilines is 6. The van der Waals surface area contributed by atoms with Crippen molar-refractivity contribution in [2.45, 2.75) is 19.3 Å². The normalized spacial score (nSPS) is 12.9. The van der Waals surface area contributed by atoms with Crippen molar-refractivity contribution in [3.05, 3.63) is 254 Å². The molecule has 0 fully saturated rings. The van der Waals surface area contributed by atoms with Gasteiger partial charge in [-0.05, 0) is 157 Å². The van der Waals surface area contributed by atoms with Crippen LogP contribution in [0.1, 0.15) is 25.0 Å². The van der Waals surface area contributed by atoms with Gasteiger partial charge in [0, 0.05) is 79.6 Å². The molecule has 0 spiro atoms. The predicted octanol–water partition coefficient (Wildman–Crippen LogP) is 20.8. The Morgan fingerprint density at radius 2 is 0.753 bits per heavy atom. The highest BCUT2D eigenvalue weighted by atomic mass is 32.1. The van der Waals surface area contributed by atoms with E-state index in [1.54, 1.807) is 0 Å². The molecule has 0 amide bonds. The molecule has 2 nitrogen and oxygen atoms in total. The van der Waals surface area contributed by atoms with Gasteiger partial charge >= 0.3 is 0 Å². The molecule has 2 aromatic heterocycles. The molecule has 0 saturated carbocycles. The molecule has 15 rings (SSSR count). The van der Waals surface area contributed by atoms with Crippen molar-refractivity contribution in [3.63, 3.8) is 0 Å². The summed E-state index contributed by atoms with van der Waals surface area (Å²) in [6, 6.07) is 90.6. The van der Waals surface area contributed by atoms with Gasteiger partial charge in [0.1, 0.15) is 0 Å². The molecule has 0 unspecified atom stereocenters. The summed E-state index contributed by atoms with van der Waals surface area (Å²) in [7, 11) is 0. The summed E-state index contributed by atoms with van der Waals surface area (Å²) in [4.78, 5) is 4.92. The second-order valence-electron chi connectivity index (χ2n) is 20.1. The lowest BCUT2D eigenvalue weighted by molar-refractivity contribution is 0.661. The van der Waals surface area contributed by atoms with E-state index in [1.807, 2.05) is 22.7 Å². The van der Waals surface area contributed by atoms with Gasteiger partial charge in [0.25, 0.3) is 0 Å². The molecule has 2 heterocycles. The van der Waals surface area contributed by atoms with Gasteiger partial charge in [0.05, 0.1) is 5.69 Å². The van der Waals surface area contributed by atoms with E-state index >= 15 is 0 Å². The average Bonchev–Trinajstić information content (AvgIpc) is 4.08. The molecule has 73 heavy (non-hydrogen) atoms. The molecule has 0 atom stereocenters. The lowest BCUT2D eigenvalue weighted by Crippen LogP contribution is -2.17. The summed E-state index contributed by atoms with van der Waals surface area (Å²) in [5, 5.41) is 12.6. The Kier molecular flexibility index (Phi) is 9.38. The first-order chi connectivity index (χ1) is 35.9. The minimum absolute atomic E-state index is 0.278. The van der Waals surface area contributed by atoms with E-state index in [2.05, 4.69) is 266 Å². The summed E-state index contributed by atoms with van der Waals surface area (Å²) >= 11 is 3.73. The molecule has 1 aliphatic carbocycles. The number of rotatable bonds is 7. The van der Waals surface area contributed by atoms with E-state index in [4.69, 9.17) is 0 Å². The van der Waals surface area contributed by atoms with Gasteiger partial charge in [0.15, 0.2) is 0 Å². The molecule has 14 aromatic rings. The lowest BCUT2D eigenvalue weighted by atomic mass is 9.81. The minimum atomic E-state index is -0.278. The van der Waals surface area contributed by atoms with Gasteiger partial charge in [-0.3, -0.25) is 0 Å². The average molecular weight is 967 g/mol. The second kappa shape index (κ2) is 16.2. The fourth-order valence-electron chi connectivity index (χ4n) is 11.9. The molecule has 4 heteroatoms. The van der Waals surface area contributed by atoms with E-state index in [0.29, 0.717) is 0 Å². The summed E-state index contributed by atoms with van der Waals surface area (Å²) in [6.07, 6.45) is 0. The topological polar surface area (TPSA) is 6.48 Å². The fraction of sp³-hybridized carbons (Fsp3) is 0.0435. The lowest BCUT2D eigenvalue weighted by Gasteiger charge is -2.30. The molecular formula is C69H46N2S2. The minimum Gasteiger partial charge on any atom is -0.310 e. The Morgan fingerprint density at radius 3 is 1.37 bits per heavy atom. The Hall–Kier alpha value is -8.54. The Morgan fingerprint density at radius 1 is 0.301 bits per heavy atom. The quantitative estimate of drug-likeness (QED) is 0.157. The van der Waals surface area contributed by atoms with Crippen molar-refractivity contribution in [2.75, 3.05) is 9.80 Å². The van der Waals surface area contributed by atoms with Gasteiger partial charge in [-0.1, -0.05) is 159 Å². The molecule has 344 valence electrons. The summed E-state index contributed by atoms with van der Waals surface area (Å²) in [5.74, 6) is 0. The largest absolute Gasteiger partial charge is 0.310 e. The standard InChI is InChI=1S/C69H46N2S2/c1-69(2)61-39-48(45-23-28-49(29-24-45)70(50-30-25-43-13-3-5-15-46(43)37-50)52-32-35-66-59(40-52)55-18-9-11-21-64(55)72-66)27-34-58(61)68-57-20-8-7-17-54(57)63(42-62(68)69)71(51-31-26-44-14-4-6-16-47(44)38-51)53-33-36-67-60(41-53)56-19-10-12-22-65(56)73-67/h3-42H,1-2H3. The van der Waals surface area contributed by atoms with E-state index in [0.717, 1.165) is 28.4 Å². The first kappa shape index (κ1) is 42.2. The zero-order chi connectivity index (χ0) is 48.4.